The molecular formula is C17H31NS. The third-order valence-electron chi connectivity index (χ3n) is 5.90. The van der Waals surface area contributed by atoms with Crippen molar-refractivity contribution in [2.24, 2.45) is 5.41 Å². The van der Waals surface area contributed by atoms with Crippen LogP contribution in [0.1, 0.15) is 77.0 Å². The van der Waals surface area contributed by atoms with Crippen LogP contribution in [0.25, 0.3) is 0 Å². The SMILES string of the molecule is SCC1(CN(C2CCCCC2)C2CCCCC2)CC1. The van der Waals surface area contributed by atoms with Crippen LogP contribution in [0.4, 0.5) is 0 Å². The number of thiol groups is 1. The molecule has 3 aliphatic carbocycles. The van der Waals surface area contributed by atoms with Crippen molar-refractivity contribution in [2.45, 2.75) is 89.1 Å². The molecule has 3 aliphatic rings. The predicted octanol–water partition coefficient (Wildman–Crippen LogP) is 4.66. The summed E-state index contributed by atoms with van der Waals surface area (Å²) in [7, 11) is 0. The Morgan fingerprint density at radius 1 is 0.789 bits per heavy atom. The Bertz CT molecular complexity index is 257. The molecule has 0 N–H and O–H groups in total. The molecule has 0 heterocycles. The van der Waals surface area contributed by atoms with Gasteiger partial charge in [0, 0.05) is 18.6 Å². The molecule has 0 radical (unpaired) electrons. The first-order chi connectivity index (χ1) is 9.33. The Labute approximate surface area is 124 Å². The maximum atomic E-state index is 4.64. The summed E-state index contributed by atoms with van der Waals surface area (Å²) in [4.78, 5) is 2.97. The van der Waals surface area contributed by atoms with Gasteiger partial charge in [-0.25, -0.2) is 0 Å². The van der Waals surface area contributed by atoms with Crippen LogP contribution in [0, 0.1) is 5.41 Å². The van der Waals surface area contributed by atoms with Crippen LogP contribution in [0.5, 0.6) is 0 Å². The summed E-state index contributed by atoms with van der Waals surface area (Å²) in [6.45, 7) is 1.37. The minimum absolute atomic E-state index is 0.609. The van der Waals surface area contributed by atoms with Gasteiger partial charge in [-0.2, -0.15) is 12.6 Å². The molecule has 0 saturated heterocycles. The van der Waals surface area contributed by atoms with E-state index >= 15 is 0 Å². The average molecular weight is 282 g/mol. The first-order valence-electron chi connectivity index (χ1n) is 8.70. The van der Waals surface area contributed by atoms with Crippen molar-refractivity contribution in [3.63, 3.8) is 0 Å². The molecule has 3 rings (SSSR count). The van der Waals surface area contributed by atoms with E-state index in [1.165, 1.54) is 83.6 Å². The maximum absolute atomic E-state index is 4.64. The standard InChI is InChI=1S/C17H31NS/c19-14-17(11-12-17)13-18(15-7-3-1-4-8-15)16-9-5-2-6-10-16/h15-16,19H,1-14H2. The molecule has 0 aliphatic heterocycles. The number of nitrogens with zero attached hydrogens (tertiary/aromatic N) is 1. The Morgan fingerprint density at radius 3 is 1.63 bits per heavy atom. The van der Waals surface area contributed by atoms with Gasteiger partial charge in [0.2, 0.25) is 0 Å². The molecule has 0 aromatic carbocycles. The van der Waals surface area contributed by atoms with Gasteiger partial charge in [-0.3, -0.25) is 4.90 Å². The third kappa shape index (κ3) is 3.50. The monoisotopic (exact) mass is 281 g/mol. The van der Waals surface area contributed by atoms with Gasteiger partial charge in [0.15, 0.2) is 0 Å². The zero-order valence-electron chi connectivity index (χ0n) is 12.4. The van der Waals surface area contributed by atoms with Crippen molar-refractivity contribution >= 4 is 12.6 Å². The van der Waals surface area contributed by atoms with Crippen molar-refractivity contribution in [3.05, 3.63) is 0 Å². The van der Waals surface area contributed by atoms with E-state index in [0.29, 0.717) is 5.41 Å². The molecule has 2 heteroatoms. The second kappa shape index (κ2) is 6.39. The Morgan fingerprint density at radius 2 is 1.26 bits per heavy atom. The van der Waals surface area contributed by atoms with Gasteiger partial charge in [0.1, 0.15) is 0 Å². The van der Waals surface area contributed by atoms with Crippen LogP contribution in [-0.2, 0) is 0 Å². The lowest BCUT2D eigenvalue weighted by molar-refractivity contribution is 0.0631. The highest BCUT2D eigenvalue weighted by Crippen LogP contribution is 2.48. The highest BCUT2D eigenvalue weighted by atomic mass is 32.1. The minimum atomic E-state index is 0.609. The van der Waals surface area contributed by atoms with Gasteiger partial charge in [0.05, 0.1) is 0 Å². The molecule has 3 saturated carbocycles. The number of hydrogen-bond donors (Lipinski definition) is 1. The largest absolute Gasteiger partial charge is 0.297 e. The van der Waals surface area contributed by atoms with Gasteiger partial charge in [0.25, 0.3) is 0 Å². The van der Waals surface area contributed by atoms with Crippen molar-refractivity contribution in [2.75, 3.05) is 12.3 Å². The first kappa shape index (κ1) is 14.3. The van der Waals surface area contributed by atoms with Crippen LogP contribution in [0.2, 0.25) is 0 Å². The molecule has 0 atom stereocenters. The minimum Gasteiger partial charge on any atom is -0.297 e. The van der Waals surface area contributed by atoms with E-state index in [2.05, 4.69) is 17.5 Å². The van der Waals surface area contributed by atoms with Crippen LogP contribution in [-0.4, -0.2) is 29.3 Å². The smallest absolute Gasteiger partial charge is 0.00984 e. The fourth-order valence-electron chi connectivity index (χ4n) is 4.31. The zero-order valence-corrected chi connectivity index (χ0v) is 13.3. The molecule has 0 aromatic heterocycles. The molecule has 0 bridgehead atoms. The van der Waals surface area contributed by atoms with Crippen LogP contribution in [0.3, 0.4) is 0 Å². The highest BCUT2D eigenvalue weighted by Gasteiger charge is 2.45. The molecule has 1 nitrogen and oxygen atoms in total. The summed E-state index contributed by atoms with van der Waals surface area (Å²) in [5.74, 6) is 1.11. The summed E-state index contributed by atoms with van der Waals surface area (Å²) < 4.78 is 0. The summed E-state index contributed by atoms with van der Waals surface area (Å²) in [5, 5.41) is 0. The fourth-order valence-corrected chi connectivity index (χ4v) is 4.73. The molecule has 0 aromatic rings. The molecular weight excluding hydrogens is 250 g/mol. The summed E-state index contributed by atoms with van der Waals surface area (Å²) in [5.41, 5.74) is 0.609. The third-order valence-corrected chi connectivity index (χ3v) is 6.57. The summed E-state index contributed by atoms with van der Waals surface area (Å²) in [6.07, 6.45) is 17.6. The van der Waals surface area contributed by atoms with Gasteiger partial charge in [-0.15, -0.1) is 0 Å². The molecule has 0 unspecified atom stereocenters. The average Bonchev–Trinajstić information content (AvgIpc) is 3.27. The van der Waals surface area contributed by atoms with E-state index in [9.17, 15) is 0 Å². The molecule has 19 heavy (non-hydrogen) atoms. The van der Waals surface area contributed by atoms with Crippen molar-refractivity contribution in [1.29, 1.82) is 0 Å². The van der Waals surface area contributed by atoms with Gasteiger partial charge in [-0.05, 0) is 49.7 Å². The summed E-state index contributed by atoms with van der Waals surface area (Å²) in [6, 6.07) is 1.82. The Balaban J connectivity index is 1.66. The lowest BCUT2D eigenvalue weighted by Gasteiger charge is -2.43. The van der Waals surface area contributed by atoms with E-state index in [1.54, 1.807) is 0 Å². The maximum Gasteiger partial charge on any atom is 0.00984 e. The Kier molecular flexibility index (Phi) is 4.79. The fraction of sp³-hybridized carbons (Fsp3) is 1.00. The van der Waals surface area contributed by atoms with E-state index in [4.69, 9.17) is 0 Å². The molecule has 0 spiro atoms. The van der Waals surface area contributed by atoms with Crippen LogP contribution >= 0.6 is 12.6 Å². The van der Waals surface area contributed by atoms with Crippen LogP contribution < -0.4 is 0 Å². The zero-order chi connectivity index (χ0) is 13.1. The lowest BCUT2D eigenvalue weighted by Crippen LogP contribution is -2.48. The molecule has 3 fully saturated rings. The highest BCUT2D eigenvalue weighted by molar-refractivity contribution is 7.80. The second-order valence-corrected chi connectivity index (χ2v) is 7.73. The molecule has 0 amide bonds. The number of hydrogen-bond acceptors (Lipinski definition) is 2. The topological polar surface area (TPSA) is 3.24 Å². The normalized spacial score (nSPS) is 28.7. The molecule has 110 valence electrons. The van der Waals surface area contributed by atoms with Crippen LogP contribution in [0.15, 0.2) is 0 Å². The Hall–Kier alpha value is 0.310. The van der Waals surface area contributed by atoms with Crippen molar-refractivity contribution < 1.29 is 0 Å². The van der Waals surface area contributed by atoms with E-state index in [0.717, 1.165) is 17.8 Å². The number of rotatable bonds is 5. The van der Waals surface area contributed by atoms with Crippen molar-refractivity contribution in [3.8, 4) is 0 Å². The van der Waals surface area contributed by atoms with Gasteiger partial charge >= 0.3 is 0 Å². The van der Waals surface area contributed by atoms with Gasteiger partial charge < -0.3 is 0 Å². The van der Waals surface area contributed by atoms with E-state index in [-0.39, 0.29) is 0 Å². The second-order valence-electron chi connectivity index (χ2n) is 7.41. The van der Waals surface area contributed by atoms with Crippen molar-refractivity contribution in [1.82, 2.24) is 4.90 Å². The predicted molar refractivity (Wildman–Crippen MR) is 86.0 cm³/mol. The van der Waals surface area contributed by atoms with E-state index < -0.39 is 0 Å². The first-order valence-corrected chi connectivity index (χ1v) is 9.33. The lowest BCUT2D eigenvalue weighted by atomic mass is 9.87. The summed E-state index contributed by atoms with van der Waals surface area (Å²) >= 11 is 4.64. The quantitative estimate of drug-likeness (QED) is 0.717. The van der Waals surface area contributed by atoms with Gasteiger partial charge in [-0.1, -0.05) is 38.5 Å². The van der Waals surface area contributed by atoms with E-state index in [1.807, 2.05) is 0 Å².